The first-order valence-corrected chi connectivity index (χ1v) is 5.35. The molecule has 0 unspecified atom stereocenters. The van der Waals surface area contributed by atoms with Gasteiger partial charge in [-0.05, 0) is 6.42 Å². The molecule has 0 amide bonds. The number of carbonyl (C=O) groups excluding carboxylic acids is 2. The van der Waals surface area contributed by atoms with E-state index in [4.69, 9.17) is 5.73 Å². The van der Waals surface area contributed by atoms with Crippen molar-refractivity contribution in [3.8, 4) is 0 Å². The second-order valence-corrected chi connectivity index (χ2v) is 4.02. The number of rotatable bonds is 4. The molecule has 1 aliphatic heterocycles. The average Bonchev–Trinajstić information content (AvgIpc) is 2.68. The first-order valence-electron chi connectivity index (χ1n) is 5.35. The molecule has 0 bridgehead atoms. The number of ether oxygens (including phenoxy) is 2. The quantitative estimate of drug-likeness (QED) is 0.499. The maximum atomic E-state index is 11.3. The van der Waals surface area contributed by atoms with E-state index >= 15 is 0 Å². The Hall–Kier alpha value is -1.18. The van der Waals surface area contributed by atoms with Crippen LogP contribution in [0.4, 0.5) is 0 Å². The highest BCUT2D eigenvalue weighted by Crippen LogP contribution is 2.18. The van der Waals surface area contributed by atoms with Crippen LogP contribution in [0, 0.1) is 0 Å². The molecule has 0 aliphatic carbocycles. The largest absolute Gasteiger partial charge is 0.468 e. The molecule has 1 rings (SSSR count). The highest BCUT2D eigenvalue weighted by atomic mass is 16.5. The number of carbonyl (C=O) groups is 2. The van der Waals surface area contributed by atoms with E-state index in [1.165, 1.54) is 14.2 Å². The summed E-state index contributed by atoms with van der Waals surface area (Å²) in [4.78, 5) is 22.4. The first kappa shape index (κ1) is 13.9. The molecule has 0 aromatic heterocycles. The molecule has 17 heavy (non-hydrogen) atoms. The van der Waals surface area contributed by atoms with E-state index in [2.05, 4.69) is 14.8 Å². The molecule has 0 spiro atoms. The monoisotopic (exact) mass is 246 g/mol. The van der Waals surface area contributed by atoms with Gasteiger partial charge in [0.25, 0.3) is 0 Å². The smallest absolute Gasteiger partial charge is 0.322 e. The topological polar surface area (TPSA) is 111 Å². The molecular weight excluding hydrogens is 228 g/mol. The van der Waals surface area contributed by atoms with E-state index in [0.29, 0.717) is 0 Å². The Morgan fingerprint density at radius 2 is 2.12 bits per heavy atom. The number of esters is 2. The minimum Gasteiger partial charge on any atom is -0.468 e. The van der Waals surface area contributed by atoms with E-state index in [1.54, 1.807) is 0 Å². The summed E-state index contributed by atoms with van der Waals surface area (Å²) in [5.74, 6) is -0.973. The zero-order valence-electron chi connectivity index (χ0n) is 9.88. The van der Waals surface area contributed by atoms with E-state index in [9.17, 15) is 14.7 Å². The van der Waals surface area contributed by atoms with Crippen molar-refractivity contribution in [3.63, 3.8) is 0 Å². The van der Waals surface area contributed by atoms with Gasteiger partial charge in [0.15, 0.2) is 0 Å². The summed E-state index contributed by atoms with van der Waals surface area (Å²) < 4.78 is 9.06. The van der Waals surface area contributed by atoms with Crippen molar-refractivity contribution in [1.82, 2.24) is 5.32 Å². The van der Waals surface area contributed by atoms with Gasteiger partial charge in [-0.3, -0.25) is 14.9 Å². The Labute approximate surface area is 99.3 Å². The van der Waals surface area contributed by atoms with Gasteiger partial charge in [0.05, 0.1) is 20.3 Å². The lowest BCUT2D eigenvalue weighted by Gasteiger charge is -2.18. The molecule has 4 N–H and O–H groups in total. The molecule has 1 fully saturated rings. The number of nitrogens with one attached hydrogen (secondary N) is 1. The van der Waals surface area contributed by atoms with Crippen molar-refractivity contribution in [1.29, 1.82) is 0 Å². The fraction of sp³-hybridized carbons (Fsp3) is 0.800. The summed E-state index contributed by atoms with van der Waals surface area (Å²) in [5, 5.41) is 12.6. The number of aliphatic hydroxyl groups excluding tert-OH is 1. The van der Waals surface area contributed by atoms with Crippen molar-refractivity contribution in [2.75, 3.05) is 14.2 Å². The van der Waals surface area contributed by atoms with Gasteiger partial charge in [-0.1, -0.05) is 0 Å². The second kappa shape index (κ2) is 5.95. The van der Waals surface area contributed by atoms with E-state index in [0.717, 1.165) is 0 Å². The molecule has 7 nitrogen and oxygen atoms in total. The van der Waals surface area contributed by atoms with Gasteiger partial charge in [-0.25, -0.2) is 0 Å². The van der Waals surface area contributed by atoms with E-state index in [-0.39, 0.29) is 12.8 Å². The molecule has 0 radical (unpaired) electrons. The molecule has 0 aromatic rings. The highest BCUT2D eigenvalue weighted by molar-refractivity contribution is 5.77. The van der Waals surface area contributed by atoms with Crippen molar-refractivity contribution < 1.29 is 24.2 Å². The summed E-state index contributed by atoms with van der Waals surface area (Å²) in [6, 6.07) is -1.78. The third-order valence-corrected chi connectivity index (χ3v) is 2.85. The minimum absolute atomic E-state index is 0.210. The van der Waals surface area contributed by atoms with Gasteiger partial charge in [0, 0.05) is 12.5 Å². The third-order valence-electron chi connectivity index (χ3n) is 2.85. The molecule has 0 aromatic carbocycles. The van der Waals surface area contributed by atoms with Crippen LogP contribution in [0.25, 0.3) is 0 Å². The van der Waals surface area contributed by atoms with Crippen LogP contribution in [0.2, 0.25) is 0 Å². The maximum Gasteiger partial charge on any atom is 0.322 e. The zero-order valence-corrected chi connectivity index (χ0v) is 9.88. The van der Waals surface area contributed by atoms with Crippen molar-refractivity contribution in [2.45, 2.75) is 37.1 Å². The summed E-state index contributed by atoms with van der Waals surface area (Å²) in [5.41, 5.74) is 5.58. The van der Waals surface area contributed by atoms with Crippen LogP contribution in [0.5, 0.6) is 0 Å². The van der Waals surface area contributed by atoms with Crippen LogP contribution < -0.4 is 11.1 Å². The number of aliphatic hydroxyl groups is 1. The van der Waals surface area contributed by atoms with Gasteiger partial charge in [0.2, 0.25) is 0 Å². The summed E-state index contributed by atoms with van der Waals surface area (Å²) in [7, 11) is 2.53. The standard InChI is InChI=1S/C10H18N2O5/c1-16-9(14)5(11)3-6-8(13)4-7(12-6)10(15)17-2/h5-8,12-13H,3-4,11H2,1-2H3/t5-,6-,7-,8+/m0/s1. The number of nitrogens with two attached hydrogens (primary N) is 1. The molecule has 7 heteroatoms. The van der Waals surface area contributed by atoms with Crippen LogP contribution in [0.15, 0.2) is 0 Å². The lowest BCUT2D eigenvalue weighted by atomic mass is 10.0. The molecule has 1 aliphatic rings. The molecule has 98 valence electrons. The van der Waals surface area contributed by atoms with Crippen molar-refractivity contribution in [3.05, 3.63) is 0 Å². The van der Waals surface area contributed by atoms with Crippen LogP contribution in [-0.2, 0) is 19.1 Å². The summed E-state index contributed by atoms with van der Waals surface area (Å²) >= 11 is 0. The fourth-order valence-corrected chi connectivity index (χ4v) is 1.90. The predicted molar refractivity (Wildman–Crippen MR) is 58.0 cm³/mol. The Bertz CT molecular complexity index is 296. The van der Waals surface area contributed by atoms with Crippen LogP contribution in [0.1, 0.15) is 12.8 Å². The summed E-state index contributed by atoms with van der Waals surface area (Å²) in [6.07, 6.45) is -0.262. The van der Waals surface area contributed by atoms with E-state index < -0.39 is 36.2 Å². The normalized spacial score (nSPS) is 29.8. The van der Waals surface area contributed by atoms with Crippen LogP contribution >= 0.6 is 0 Å². The predicted octanol–water partition coefficient (Wildman–Crippen LogP) is -1.86. The Kier molecular flexibility index (Phi) is 4.86. The highest BCUT2D eigenvalue weighted by Gasteiger charge is 2.38. The van der Waals surface area contributed by atoms with Crippen molar-refractivity contribution >= 4 is 11.9 Å². The van der Waals surface area contributed by atoms with Gasteiger partial charge in [0.1, 0.15) is 12.1 Å². The number of hydrogen-bond acceptors (Lipinski definition) is 7. The lowest BCUT2D eigenvalue weighted by molar-refractivity contribution is -0.143. The molecule has 4 atom stereocenters. The van der Waals surface area contributed by atoms with E-state index in [1.807, 2.05) is 0 Å². The van der Waals surface area contributed by atoms with Gasteiger partial charge in [-0.15, -0.1) is 0 Å². The lowest BCUT2D eigenvalue weighted by Crippen LogP contribution is -2.44. The first-order chi connectivity index (χ1) is 7.99. The minimum atomic E-state index is -0.816. The van der Waals surface area contributed by atoms with Gasteiger partial charge >= 0.3 is 11.9 Å². The van der Waals surface area contributed by atoms with Crippen LogP contribution in [0.3, 0.4) is 0 Å². The Morgan fingerprint density at radius 3 is 2.65 bits per heavy atom. The van der Waals surface area contributed by atoms with Gasteiger partial charge < -0.3 is 20.3 Å². The second-order valence-electron chi connectivity index (χ2n) is 4.02. The maximum absolute atomic E-state index is 11.3. The molecule has 1 saturated heterocycles. The molecule has 0 saturated carbocycles. The summed E-state index contributed by atoms with van der Waals surface area (Å²) in [6.45, 7) is 0. The average molecular weight is 246 g/mol. The SMILES string of the molecule is COC(=O)[C@@H]1C[C@@H](O)[C@H](C[C@H](N)C(=O)OC)N1. The Balaban J connectivity index is 2.51. The van der Waals surface area contributed by atoms with Gasteiger partial charge in [-0.2, -0.15) is 0 Å². The fourth-order valence-electron chi connectivity index (χ4n) is 1.90. The molecule has 1 heterocycles. The molecular formula is C10H18N2O5. The third kappa shape index (κ3) is 3.39. The number of methoxy groups -OCH3 is 2. The Morgan fingerprint density at radius 1 is 1.47 bits per heavy atom. The number of hydrogen-bond donors (Lipinski definition) is 3. The van der Waals surface area contributed by atoms with Crippen molar-refractivity contribution in [2.24, 2.45) is 5.73 Å². The zero-order chi connectivity index (χ0) is 13.0. The van der Waals surface area contributed by atoms with Crippen LogP contribution in [-0.4, -0.2) is 55.5 Å².